The summed E-state index contributed by atoms with van der Waals surface area (Å²) in [4.78, 5) is 39.4. The molecular weight excluding hydrogens is 774 g/mol. The van der Waals surface area contributed by atoms with E-state index in [1.165, 1.54) is 18.2 Å². The van der Waals surface area contributed by atoms with E-state index < -0.39 is 27.7 Å². The van der Waals surface area contributed by atoms with E-state index in [-0.39, 0.29) is 38.0 Å². The minimum Gasteiger partial charge on any atom is -0.463 e. The number of piperidine rings is 1. The van der Waals surface area contributed by atoms with Crippen LogP contribution in [0.15, 0.2) is 42.7 Å². The molecule has 1 N–H and O–H groups in total. The van der Waals surface area contributed by atoms with Crippen LogP contribution in [0, 0.1) is 5.82 Å². The van der Waals surface area contributed by atoms with Gasteiger partial charge < -0.3 is 34.1 Å². The van der Waals surface area contributed by atoms with Crippen LogP contribution in [-0.4, -0.2) is 111 Å². The average Bonchev–Trinajstić information content (AvgIpc) is 3.55. The quantitative estimate of drug-likeness (QED) is 0.0360. The van der Waals surface area contributed by atoms with Crippen molar-refractivity contribution in [3.8, 4) is 11.1 Å². The molecule has 1 aliphatic heterocycles. The number of carbonyl (C=O) groups excluding carboxylic acids is 2. The maximum atomic E-state index is 14.4. The molecule has 1 aromatic carbocycles. The van der Waals surface area contributed by atoms with Crippen molar-refractivity contribution in [3.63, 3.8) is 0 Å². The lowest BCUT2D eigenvalue weighted by atomic mass is 10.0. The van der Waals surface area contributed by atoms with Gasteiger partial charge in [0.25, 0.3) is 0 Å². The van der Waals surface area contributed by atoms with Gasteiger partial charge in [0.05, 0.1) is 23.9 Å². The highest BCUT2D eigenvalue weighted by atomic mass is 28.3. The van der Waals surface area contributed by atoms with Gasteiger partial charge in [-0.05, 0) is 83.0 Å². The normalized spacial score (nSPS) is 14.4. The molecule has 0 bridgehead atoms. The highest BCUT2D eigenvalue weighted by molar-refractivity contribution is 6.76. The van der Waals surface area contributed by atoms with Crippen molar-refractivity contribution in [1.29, 1.82) is 0 Å². The van der Waals surface area contributed by atoms with Gasteiger partial charge in [-0.1, -0.05) is 39.3 Å². The van der Waals surface area contributed by atoms with Crippen LogP contribution >= 0.6 is 0 Å². The Kier molecular flexibility index (Phi) is 14.7. The van der Waals surface area contributed by atoms with E-state index in [9.17, 15) is 14.0 Å². The third-order valence-electron chi connectivity index (χ3n) is 9.56. The summed E-state index contributed by atoms with van der Waals surface area (Å²) in [5, 5.41) is 9.23. The highest BCUT2D eigenvalue weighted by Gasteiger charge is 2.30. The lowest BCUT2D eigenvalue weighted by Gasteiger charge is -2.34. The van der Waals surface area contributed by atoms with Crippen molar-refractivity contribution in [2.24, 2.45) is 0 Å². The molecule has 1 amide bonds. The number of amides is 1. The second-order valence-electron chi connectivity index (χ2n) is 18.3. The second-order valence-corrected chi connectivity index (χ2v) is 29.5. The number of aromatic nitrogens is 4. The molecule has 0 saturated carbocycles. The zero-order valence-electron chi connectivity index (χ0n) is 36.0. The maximum absolute atomic E-state index is 14.4. The molecule has 4 aromatic rings. The first kappa shape index (κ1) is 44.7. The fourth-order valence-corrected chi connectivity index (χ4v) is 7.86. The molecule has 1 saturated heterocycles. The number of esters is 1. The van der Waals surface area contributed by atoms with Crippen molar-refractivity contribution in [2.45, 2.75) is 104 Å². The predicted molar refractivity (Wildman–Crippen MR) is 234 cm³/mol. The Morgan fingerprint density at radius 3 is 2.24 bits per heavy atom. The zero-order chi connectivity index (χ0) is 42.3. The number of pyridine rings is 1. The number of halogens is 1. The van der Waals surface area contributed by atoms with E-state index >= 15 is 0 Å². The van der Waals surface area contributed by atoms with Crippen LogP contribution in [-0.2, 0) is 23.7 Å². The first-order valence-electron chi connectivity index (χ1n) is 20.3. The van der Waals surface area contributed by atoms with Crippen LogP contribution < -0.4 is 10.2 Å². The fourth-order valence-electron chi connectivity index (χ4n) is 6.35. The molecule has 0 spiro atoms. The van der Waals surface area contributed by atoms with Gasteiger partial charge in [-0.3, -0.25) is 4.98 Å². The van der Waals surface area contributed by atoms with Gasteiger partial charge in [0, 0.05) is 77.3 Å². The van der Waals surface area contributed by atoms with Crippen LogP contribution in [0.1, 0.15) is 46.1 Å². The summed E-state index contributed by atoms with van der Waals surface area (Å²) in [6.45, 7) is 24.0. The minimum absolute atomic E-state index is 0.0673. The van der Waals surface area contributed by atoms with Crippen molar-refractivity contribution in [2.75, 3.05) is 56.6 Å². The molecule has 5 rings (SSSR count). The number of fused-ring (bicyclic) bond motifs is 2. The van der Waals surface area contributed by atoms with E-state index in [1.54, 1.807) is 40.9 Å². The zero-order valence-corrected chi connectivity index (χ0v) is 38.0. The molecule has 1 aliphatic rings. The molecule has 1 fully saturated rings. The van der Waals surface area contributed by atoms with Gasteiger partial charge >= 0.3 is 12.1 Å². The number of carbonyl (C=O) groups is 2. The molecular formula is C42H62FN7O6Si2. The Balaban J connectivity index is 1.64. The van der Waals surface area contributed by atoms with Gasteiger partial charge in [0.2, 0.25) is 0 Å². The number of likely N-dealkylation sites (tertiary alicyclic amines) is 1. The molecule has 0 unspecified atom stereocenters. The molecule has 58 heavy (non-hydrogen) atoms. The van der Waals surface area contributed by atoms with Gasteiger partial charge in [-0.15, -0.1) is 0 Å². The van der Waals surface area contributed by atoms with E-state index in [0.29, 0.717) is 84.0 Å². The summed E-state index contributed by atoms with van der Waals surface area (Å²) >= 11 is 0. The molecule has 3 aromatic heterocycles. The van der Waals surface area contributed by atoms with Gasteiger partial charge in [0.1, 0.15) is 36.5 Å². The number of rotatable bonds is 17. The summed E-state index contributed by atoms with van der Waals surface area (Å²) in [6.07, 6.45) is 7.51. The topological polar surface area (TPSA) is 133 Å². The van der Waals surface area contributed by atoms with Crippen molar-refractivity contribution in [3.05, 3.63) is 54.1 Å². The van der Waals surface area contributed by atoms with E-state index in [1.807, 2.05) is 31.7 Å². The van der Waals surface area contributed by atoms with Crippen molar-refractivity contribution >= 4 is 62.5 Å². The average molecular weight is 836 g/mol. The smallest absolute Gasteiger partial charge is 0.410 e. The lowest BCUT2D eigenvalue weighted by molar-refractivity contribution is -0.137. The Morgan fingerprint density at radius 2 is 1.64 bits per heavy atom. The highest BCUT2D eigenvalue weighted by Crippen LogP contribution is 2.35. The largest absolute Gasteiger partial charge is 0.463 e. The molecule has 0 aliphatic carbocycles. The third kappa shape index (κ3) is 12.8. The van der Waals surface area contributed by atoms with Gasteiger partial charge in [-0.2, -0.15) is 9.61 Å². The number of nitrogens with zero attached hydrogens (tertiary/aromatic N) is 6. The van der Waals surface area contributed by atoms with Gasteiger partial charge in [-0.25, -0.2) is 19.0 Å². The molecule has 13 nitrogen and oxygen atoms in total. The summed E-state index contributed by atoms with van der Waals surface area (Å²) in [5.41, 5.74) is 2.57. The summed E-state index contributed by atoms with van der Waals surface area (Å²) in [7, 11) is -2.79. The van der Waals surface area contributed by atoms with Crippen LogP contribution in [0.25, 0.3) is 33.8 Å². The number of ether oxygens (including phenoxy) is 4. The second kappa shape index (κ2) is 19.1. The number of hydrogen-bond donors (Lipinski definition) is 1. The SMILES string of the molecule is CCOC(=O)/C=C/c1c(NC2CCN(C(=O)OC(C)(C)C)CC2)nc2c(-c3cnc4ccc(F)cc4c3)cnn2c1N(COCC[Si](C)(C)C)COCC[Si](C)(C)C. The third-order valence-corrected chi connectivity index (χ3v) is 13.0. The molecule has 0 radical (unpaired) electrons. The maximum Gasteiger partial charge on any atom is 0.410 e. The Labute approximate surface area is 344 Å². The van der Waals surface area contributed by atoms with Crippen molar-refractivity contribution < 1.29 is 32.9 Å². The summed E-state index contributed by atoms with van der Waals surface area (Å²) in [6, 6.07) is 8.29. The van der Waals surface area contributed by atoms with E-state index in [0.717, 1.165) is 12.1 Å². The Hall–Kier alpha value is -4.39. The number of nitrogens with one attached hydrogen (secondary N) is 1. The van der Waals surface area contributed by atoms with Crippen molar-refractivity contribution in [1.82, 2.24) is 24.5 Å². The molecule has 4 heterocycles. The van der Waals surface area contributed by atoms with Crippen LogP contribution in [0.5, 0.6) is 0 Å². The standard InChI is InChI=1S/C42H62FN7O6Si2/c1-11-55-37(51)15-13-34-38(46-33-16-18-48(19-17-33)41(52)56-42(2,3)4)47-39-35(31-24-30-25-32(43)12-14-36(30)44-26-31)27-45-50(39)40(34)49(28-53-20-22-57(5,6)7)29-54-21-23-58(8,9)10/h12-15,24-27,33H,11,16-23,28-29H2,1-10H3,(H,46,47)/b15-13+. The van der Waals surface area contributed by atoms with Gasteiger partial charge in [0.15, 0.2) is 5.65 Å². The summed E-state index contributed by atoms with van der Waals surface area (Å²) in [5.74, 6) is 0.263. The molecule has 16 heteroatoms. The van der Waals surface area contributed by atoms with Crippen LogP contribution in [0.2, 0.25) is 51.4 Å². The van der Waals surface area contributed by atoms with E-state index in [4.69, 9.17) is 29.0 Å². The first-order chi connectivity index (χ1) is 27.3. The van der Waals surface area contributed by atoms with Crippen LogP contribution in [0.4, 0.5) is 20.8 Å². The number of hydrogen-bond acceptors (Lipinski definition) is 11. The van der Waals surface area contributed by atoms with Crippen LogP contribution in [0.3, 0.4) is 0 Å². The Bertz CT molecular complexity index is 2050. The molecule has 0 atom stereocenters. The fraction of sp³-hybridized carbons (Fsp3) is 0.548. The molecule has 316 valence electrons. The minimum atomic E-state index is -1.40. The number of benzene rings is 1. The monoisotopic (exact) mass is 835 g/mol. The number of anilines is 2. The summed E-state index contributed by atoms with van der Waals surface area (Å²) < 4.78 is 39.9. The lowest BCUT2D eigenvalue weighted by Crippen LogP contribution is -2.44. The Morgan fingerprint density at radius 1 is 0.983 bits per heavy atom. The predicted octanol–water partition coefficient (Wildman–Crippen LogP) is 8.90. The first-order valence-corrected chi connectivity index (χ1v) is 27.7. The van der Waals surface area contributed by atoms with E-state index in [2.05, 4.69) is 49.6 Å².